The van der Waals surface area contributed by atoms with Gasteiger partial charge in [-0.3, -0.25) is 0 Å². The van der Waals surface area contributed by atoms with Crippen molar-refractivity contribution in [3.05, 3.63) is 0 Å². The molecule has 0 bridgehead atoms. The first-order valence-electron chi connectivity index (χ1n) is 30.7. The van der Waals surface area contributed by atoms with Gasteiger partial charge in [-0.15, -0.1) is 0 Å². The van der Waals surface area contributed by atoms with Crippen LogP contribution < -0.4 is 0 Å². The number of hydrogen-bond donors (Lipinski definition) is 0. The standard InChI is InChI=1S/C62H126O3/c1-9-13-17-21-25-29-31-33-37-41-47-57(5)55-59(7)49-45-51-61(63-53-43-39-35-27-23-19-15-11-3)65-62(64-54-44-40-36-28-24-20-16-12-4)52-46-50-60(8)56-58(6)48-42-38-34-32-30-26-22-18-14-10-2/h57-62H,9-56H2,1-8H3. The molecule has 0 fully saturated rings. The lowest BCUT2D eigenvalue weighted by atomic mass is 9.89. The van der Waals surface area contributed by atoms with E-state index in [0.717, 1.165) is 62.6 Å². The van der Waals surface area contributed by atoms with E-state index in [1.165, 1.54) is 270 Å². The van der Waals surface area contributed by atoms with Gasteiger partial charge in [0, 0.05) is 13.2 Å². The van der Waals surface area contributed by atoms with Crippen LogP contribution in [0.3, 0.4) is 0 Å². The Hall–Kier alpha value is -0.120. The van der Waals surface area contributed by atoms with Gasteiger partial charge in [0.1, 0.15) is 0 Å². The molecule has 3 nitrogen and oxygen atoms in total. The van der Waals surface area contributed by atoms with Crippen LogP contribution in [-0.2, 0) is 14.2 Å². The SMILES string of the molecule is CCCCCCCCCCCCC(C)CC(C)CCCC(OCCCCCCCCCC)OC(CCCC(C)CC(C)CCCCCCCCCCCC)OCCCCCCCCCC. The lowest BCUT2D eigenvalue weighted by molar-refractivity contribution is -0.250. The Bertz CT molecular complexity index is 793. The Morgan fingerprint density at radius 2 is 0.446 bits per heavy atom. The molecule has 0 saturated heterocycles. The van der Waals surface area contributed by atoms with E-state index >= 15 is 0 Å². The Labute approximate surface area is 412 Å². The van der Waals surface area contributed by atoms with Gasteiger partial charge < -0.3 is 14.2 Å². The van der Waals surface area contributed by atoms with Gasteiger partial charge in [0.25, 0.3) is 0 Å². The molecule has 0 rings (SSSR count). The van der Waals surface area contributed by atoms with Crippen LogP contribution in [0.25, 0.3) is 0 Å². The Kier molecular flexibility index (Phi) is 53.1. The van der Waals surface area contributed by atoms with Crippen molar-refractivity contribution in [3.8, 4) is 0 Å². The van der Waals surface area contributed by atoms with Gasteiger partial charge in [-0.2, -0.15) is 0 Å². The highest BCUT2D eigenvalue weighted by Crippen LogP contribution is 2.27. The Balaban J connectivity index is 5.06. The van der Waals surface area contributed by atoms with Crippen LogP contribution in [0, 0.1) is 23.7 Å². The molecule has 0 aliphatic rings. The molecule has 0 aromatic heterocycles. The van der Waals surface area contributed by atoms with Crippen molar-refractivity contribution in [2.24, 2.45) is 23.7 Å². The van der Waals surface area contributed by atoms with E-state index in [1.807, 2.05) is 0 Å². The minimum atomic E-state index is -0.141. The van der Waals surface area contributed by atoms with E-state index in [2.05, 4.69) is 55.4 Å². The summed E-state index contributed by atoms with van der Waals surface area (Å²) in [7, 11) is 0. The predicted molar refractivity (Wildman–Crippen MR) is 292 cm³/mol. The van der Waals surface area contributed by atoms with Crippen LogP contribution in [0.15, 0.2) is 0 Å². The summed E-state index contributed by atoms with van der Waals surface area (Å²) < 4.78 is 20.2. The van der Waals surface area contributed by atoms with E-state index in [4.69, 9.17) is 14.2 Å². The van der Waals surface area contributed by atoms with Gasteiger partial charge in [-0.25, -0.2) is 0 Å². The van der Waals surface area contributed by atoms with E-state index in [0.29, 0.717) is 0 Å². The van der Waals surface area contributed by atoms with Crippen LogP contribution >= 0.6 is 0 Å². The molecule has 0 spiro atoms. The van der Waals surface area contributed by atoms with Crippen LogP contribution in [0.2, 0.25) is 0 Å². The zero-order valence-electron chi connectivity index (χ0n) is 46.6. The van der Waals surface area contributed by atoms with E-state index in [1.54, 1.807) is 0 Å². The van der Waals surface area contributed by atoms with Crippen molar-refractivity contribution in [1.82, 2.24) is 0 Å². The van der Waals surface area contributed by atoms with Crippen molar-refractivity contribution < 1.29 is 14.2 Å². The van der Waals surface area contributed by atoms with E-state index < -0.39 is 0 Å². The number of unbranched alkanes of at least 4 members (excludes halogenated alkanes) is 32. The molecule has 65 heavy (non-hydrogen) atoms. The number of rotatable bonds is 56. The normalized spacial score (nSPS) is 14.8. The van der Waals surface area contributed by atoms with Gasteiger partial charge in [0.2, 0.25) is 0 Å². The third-order valence-electron chi connectivity index (χ3n) is 14.9. The molecule has 0 amide bonds. The molecule has 0 aromatic carbocycles. The average molecular weight is 920 g/mol. The lowest BCUT2D eigenvalue weighted by Gasteiger charge is -2.27. The fourth-order valence-electron chi connectivity index (χ4n) is 10.5. The predicted octanol–water partition coefficient (Wildman–Crippen LogP) is 22.3. The second kappa shape index (κ2) is 53.2. The zero-order chi connectivity index (χ0) is 47.5. The fraction of sp³-hybridized carbons (Fsp3) is 1.00. The molecule has 0 aliphatic heterocycles. The van der Waals surface area contributed by atoms with Gasteiger partial charge >= 0.3 is 0 Å². The van der Waals surface area contributed by atoms with Crippen molar-refractivity contribution >= 4 is 0 Å². The highest BCUT2D eigenvalue weighted by molar-refractivity contribution is 4.65. The van der Waals surface area contributed by atoms with Crippen LogP contribution in [0.4, 0.5) is 0 Å². The molecular weight excluding hydrogens is 793 g/mol. The van der Waals surface area contributed by atoms with Crippen LogP contribution in [-0.4, -0.2) is 25.8 Å². The van der Waals surface area contributed by atoms with Crippen LogP contribution in [0.5, 0.6) is 0 Å². The van der Waals surface area contributed by atoms with Crippen molar-refractivity contribution in [1.29, 1.82) is 0 Å². The molecule has 6 atom stereocenters. The summed E-state index contributed by atoms with van der Waals surface area (Å²) >= 11 is 0. The van der Waals surface area contributed by atoms with Crippen molar-refractivity contribution in [3.63, 3.8) is 0 Å². The smallest absolute Gasteiger partial charge is 0.160 e. The first-order valence-corrected chi connectivity index (χ1v) is 30.7. The maximum atomic E-state index is 6.91. The maximum absolute atomic E-state index is 6.91. The Morgan fingerprint density at radius 3 is 0.708 bits per heavy atom. The lowest BCUT2D eigenvalue weighted by Crippen LogP contribution is -2.28. The largest absolute Gasteiger partial charge is 0.353 e. The van der Waals surface area contributed by atoms with Crippen LogP contribution in [0.1, 0.15) is 351 Å². The number of ether oxygens (including phenoxy) is 3. The van der Waals surface area contributed by atoms with Gasteiger partial charge in [0.15, 0.2) is 12.6 Å². The van der Waals surface area contributed by atoms with Crippen molar-refractivity contribution in [2.75, 3.05) is 13.2 Å². The summed E-state index contributed by atoms with van der Waals surface area (Å²) in [5.41, 5.74) is 0. The molecule has 6 unspecified atom stereocenters. The summed E-state index contributed by atoms with van der Waals surface area (Å²) in [6.07, 6.45) is 62.1. The molecule has 3 heteroatoms. The summed E-state index contributed by atoms with van der Waals surface area (Å²) in [5.74, 6) is 3.21. The second-order valence-electron chi connectivity index (χ2n) is 22.4. The summed E-state index contributed by atoms with van der Waals surface area (Å²) in [5, 5.41) is 0. The molecule has 0 aromatic rings. The van der Waals surface area contributed by atoms with Crippen molar-refractivity contribution in [2.45, 2.75) is 363 Å². The van der Waals surface area contributed by atoms with Gasteiger partial charge in [-0.05, 0) is 75.0 Å². The fourth-order valence-corrected chi connectivity index (χ4v) is 10.5. The third-order valence-corrected chi connectivity index (χ3v) is 14.9. The average Bonchev–Trinajstić information content (AvgIpc) is 3.28. The maximum Gasteiger partial charge on any atom is 0.160 e. The summed E-state index contributed by atoms with van der Waals surface area (Å²) in [4.78, 5) is 0. The first-order chi connectivity index (χ1) is 31.9. The molecule has 0 radical (unpaired) electrons. The monoisotopic (exact) mass is 919 g/mol. The molecule has 0 saturated carbocycles. The summed E-state index contributed by atoms with van der Waals surface area (Å²) in [6.45, 7) is 20.9. The topological polar surface area (TPSA) is 27.7 Å². The minimum absolute atomic E-state index is 0.141. The quantitative estimate of drug-likeness (QED) is 0.0449. The second-order valence-corrected chi connectivity index (χ2v) is 22.4. The molecule has 0 aliphatic carbocycles. The summed E-state index contributed by atoms with van der Waals surface area (Å²) in [6, 6.07) is 0. The number of hydrogen-bond acceptors (Lipinski definition) is 3. The van der Waals surface area contributed by atoms with Gasteiger partial charge in [0.05, 0.1) is 0 Å². The Morgan fingerprint density at radius 1 is 0.231 bits per heavy atom. The highest BCUT2D eigenvalue weighted by atomic mass is 16.8. The molecule has 392 valence electrons. The molecule has 0 N–H and O–H groups in total. The van der Waals surface area contributed by atoms with Gasteiger partial charge in [-0.1, -0.05) is 299 Å². The van der Waals surface area contributed by atoms with E-state index in [9.17, 15) is 0 Å². The first kappa shape index (κ1) is 64.9. The molecule has 0 heterocycles. The molecular formula is C62H126O3. The highest BCUT2D eigenvalue weighted by Gasteiger charge is 2.20. The zero-order valence-corrected chi connectivity index (χ0v) is 46.6. The third kappa shape index (κ3) is 50.1. The van der Waals surface area contributed by atoms with E-state index in [-0.39, 0.29) is 12.6 Å². The minimum Gasteiger partial charge on any atom is -0.353 e.